The van der Waals surface area contributed by atoms with Crippen molar-refractivity contribution in [2.24, 2.45) is 0 Å². The van der Waals surface area contributed by atoms with Gasteiger partial charge in [0.15, 0.2) is 0 Å². The molecule has 0 amide bonds. The molecule has 0 spiro atoms. The van der Waals surface area contributed by atoms with E-state index >= 15 is 0 Å². The number of benzene rings is 1. The van der Waals surface area contributed by atoms with Crippen molar-refractivity contribution in [2.75, 3.05) is 0 Å². The number of carboxylic acid groups (broad SMARTS) is 1. The number of rotatable bonds is 4. The minimum Gasteiger partial charge on any atom is -0.481 e. The fraction of sp³-hybridized carbons (Fsp3) is 0.167. The van der Waals surface area contributed by atoms with Crippen LogP contribution in [0, 0.1) is 5.82 Å². The molecule has 0 aliphatic rings. The fourth-order valence-corrected chi connectivity index (χ4v) is 1.48. The first-order valence-electron chi connectivity index (χ1n) is 5.16. The molecule has 0 aliphatic carbocycles. The Morgan fingerprint density at radius 1 is 1.35 bits per heavy atom. The number of nitrogens with zero attached hydrogens (tertiary/aromatic N) is 2. The largest absolute Gasteiger partial charge is 0.481 e. The quantitative estimate of drug-likeness (QED) is 0.880. The zero-order valence-corrected chi connectivity index (χ0v) is 9.01. The van der Waals surface area contributed by atoms with Gasteiger partial charge in [0, 0.05) is 18.3 Å². The molecule has 0 fully saturated rings. The summed E-state index contributed by atoms with van der Waals surface area (Å²) in [4.78, 5) is 14.5. The van der Waals surface area contributed by atoms with Gasteiger partial charge in [-0.1, -0.05) is 0 Å². The predicted octanol–water partition coefficient (Wildman–Crippen LogP) is 2.03. The van der Waals surface area contributed by atoms with Gasteiger partial charge in [-0.15, -0.1) is 0 Å². The molecular weight excluding hydrogens is 223 g/mol. The van der Waals surface area contributed by atoms with Gasteiger partial charge in [-0.3, -0.25) is 4.79 Å². The Morgan fingerprint density at radius 2 is 2.06 bits per heavy atom. The van der Waals surface area contributed by atoms with Gasteiger partial charge in [0.05, 0.1) is 18.4 Å². The fourth-order valence-electron chi connectivity index (χ4n) is 1.48. The molecule has 0 radical (unpaired) electrons. The molecule has 17 heavy (non-hydrogen) atoms. The molecule has 1 aromatic heterocycles. The van der Waals surface area contributed by atoms with Crippen molar-refractivity contribution in [3.63, 3.8) is 0 Å². The van der Waals surface area contributed by atoms with E-state index in [0.29, 0.717) is 12.1 Å². The Morgan fingerprint density at radius 3 is 2.71 bits per heavy atom. The summed E-state index contributed by atoms with van der Waals surface area (Å²) in [7, 11) is 0. The minimum atomic E-state index is -0.846. The Kier molecular flexibility index (Phi) is 3.18. The number of carbonyl (C=O) groups is 1. The molecular formula is C12H11FN2O2. The van der Waals surface area contributed by atoms with Crippen LogP contribution in [0.5, 0.6) is 0 Å². The van der Waals surface area contributed by atoms with Crippen molar-refractivity contribution in [1.29, 1.82) is 0 Å². The molecule has 0 aliphatic heterocycles. The molecule has 88 valence electrons. The third kappa shape index (κ3) is 2.90. The molecule has 0 saturated carbocycles. The van der Waals surface area contributed by atoms with Crippen LogP contribution < -0.4 is 0 Å². The van der Waals surface area contributed by atoms with Gasteiger partial charge in [0.25, 0.3) is 0 Å². The lowest BCUT2D eigenvalue weighted by atomic mass is 10.2. The molecule has 1 heterocycles. The van der Waals surface area contributed by atoms with Crippen LogP contribution in [0.2, 0.25) is 0 Å². The van der Waals surface area contributed by atoms with Crippen LogP contribution in [0.15, 0.2) is 36.8 Å². The maximum atomic E-state index is 12.7. The first-order chi connectivity index (χ1) is 8.15. The zero-order chi connectivity index (χ0) is 12.3. The monoisotopic (exact) mass is 234 g/mol. The van der Waals surface area contributed by atoms with Gasteiger partial charge in [-0.2, -0.15) is 0 Å². The average molecular weight is 234 g/mol. The molecule has 0 unspecified atom stereocenters. The van der Waals surface area contributed by atoms with Gasteiger partial charge >= 0.3 is 5.97 Å². The Bertz CT molecular complexity index is 520. The van der Waals surface area contributed by atoms with Crippen LogP contribution in [0.3, 0.4) is 0 Å². The summed E-state index contributed by atoms with van der Waals surface area (Å²) in [6.45, 7) is 0. The highest BCUT2D eigenvalue weighted by atomic mass is 19.1. The smallest absolute Gasteiger partial charge is 0.303 e. The number of imidazole rings is 1. The second-order valence-electron chi connectivity index (χ2n) is 3.64. The van der Waals surface area contributed by atoms with E-state index < -0.39 is 5.97 Å². The molecule has 2 rings (SSSR count). The molecule has 2 aromatic rings. The topological polar surface area (TPSA) is 55.1 Å². The second-order valence-corrected chi connectivity index (χ2v) is 3.64. The highest BCUT2D eigenvalue weighted by Gasteiger charge is 2.03. The van der Waals surface area contributed by atoms with E-state index in [0.717, 1.165) is 5.69 Å². The van der Waals surface area contributed by atoms with Crippen LogP contribution in [0.25, 0.3) is 5.69 Å². The highest BCUT2D eigenvalue weighted by Crippen LogP contribution is 2.10. The summed E-state index contributed by atoms with van der Waals surface area (Å²) in [6.07, 6.45) is 3.78. The summed E-state index contributed by atoms with van der Waals surface area (Å²) in [5, 5.41) is 8.55. The van der Waals surface area contributed by atoms with Gasteiger partial charge in [0.1, 0.15) is 5.82 Å². The summed E-state index contributed by atoms with van der Waals surface area (Å²) in [6, 6.07) is 6.01. The van der Waals surface area contributed by atoms with E-state index in [-0.39, 0.29) is 12.2 Å². The molecule has 0 atom stereocenters. The third-order valence-corrected chi connectivity index (χ3v) is 2.36. The summed E-state index contributed by atoms with van der Waals surface area (Å²) >= 11 is 0. The van der Waals surface area contributed by atoms with Crippen molar-refractivity contribution >= 4 is 5.97 Å². The molecule has 1 N–H and O–H groups in total. The molecule has 1 aromatic carbocycles. The number of carboxylic acids is 1. The van der Waals surface area contributed by atoms with Gasteiger partial charge in [-0.05, 0) is 24.3 Å². The van der Waals surface area contributed by atoms with Crippen LogP contribution in [-0.2, 0) is 11.2 Å². The molecule has 0 saturated heterocycles. The zero-order valence-electron chi connectivity index (χ0n) is 9.01. The maximum Gasteiger partial charge on any atom is 0.303 e. The first-order valence-corrected chi connectivity index (χ1v) is 5.16. The van der Waals surface area contributed by atoms with Crippen LogP contribution in [0.1, 0.15) is 12.1 Å². The lowest BCUT2D eigenvalue weighted by Gasteiger charge is -2.00. The van der Waals surface area contributed by atoms with Gasteiger partial charge in [-0.25, -0.2) is 9.37 Å². The van der Waals surface area contributed by atoms with Crippen LogP contribution in [-0.4, -0.2) is 20.6 Å². The van der Waals surface area contributed by atoms with Crippen molar-refractivity contribution in [3.05, 3.63) is 48.3 Å². The standard InChI is InChI=1S/C12H11FN2O2/c13-9-1-4-11(5-2-9)15-7-10(14-8-15)3-6-12(16)17/h1-2,4-5,7-8H,3,6H2,(H,16,17). The first kappa shape index (κ1) is 11.3. The van der Waals surface area contributed by atoms with Crippen molar-refractivity contribution in [2.45, 2.75) is 12.8 Å². The average Bonchev–Trinajstić information content (AvgIpc) is 2.76. The summed E-state index contributed by atoms with van der Waals surface area (Å²) in [5.74, 6) is -1.14. The van der Waals surface area contributed by atoms with Crippen LogP contribution in [0.4, 0.5) is 4.39 Å². The summed E-state index contributed by atoms with van der Waals surface area (Å²) < 4.78 is 14.5. The summed E-state index contributed by atoms with van der Waals surface area (Å²) in [5.41, 5.74) is 1.50. The SMILES string of the molecule is O=C(O)CCc1cn(-c2ccc(F)cc2)cn1. The van der Waals surface area contributed by atoms with Crippen molar-refractivity contribution in [1.82, 2.24) is 9.55 Å². The molecule has 4 nitrogen and oxygen atoms in total. The van der Waals surface area contributed by atoms with E-state index in [1.54, 1.807) is 29.2 Å². The van der Waals surface area contributed by atoms with E-state index in [2.05, 4.69) is 4.98 Å². The highest BCUT2D eigenvalue weighted by molar-refractivity contribution is 5.66. The van der Waals surface area contributed by atoms with Crippen molar-refractivity contribution in [3.8, 4) is 5.69 Å². The number of aryl methyl sites for hydroxylation is 1. The van der Waals surface area contributed by atoms with Gasteiger partial charge in [0.2, 0.25) is 0 Å². The number of hydrogen-bond donors (Lipinski definition) is 1. The van der Waals surface area contributed by atoms with E-state index in [4.69, 9.17) is 5.11 Å². The normalized spacial score (nSPS) is 10.4. The number of aliphatic carboxylic acids is 1. The lowest BCUT2D eigenvalue weighted by Crippen LogP contribution is -1.97. The van der Waals surface area contributed by atoms with Crippen LogP contribution >= 0.6 is 0 Å². The third-order valence-electron chi connectivity index (χ3n) is 2.36. The lowest BCUT2D eigenvalue weighted by molar-refractivity contribution is -0.136. The van der Waals surface area contributed by atoms with E-state index in [1.165, 1.54) is 12.1 Å². The molecule has 0 bridgehead atoms. The van der Waals surface area contributed by atoms with E-state index in [1.807, 2.05) is 0 Å². The van der Waals surface area contributed by atoms with E-state index in [9.17, 15) is 9.18 Å². The Labute approximate surface area is 97.3 Å². The number of aromatic nitrogens is 2. The molecule has 5 heteroatoms. The minimum absolute atomic E-state index is 0.0560. The second kappa shape index (κ2) is 4.78. The van der Waals surface area contributed by atoms with Gasteiger partial charge < -0.3 is 9.67 Å². The number of halogens is 1. The maximum absolute atomic E-state index is 12.7. The number of hydrogen-bond acceptors (Lipinski definition) is 2. The predicted molar refractivity (Wildman–Crippen MR) is 59.5 cm³/mol. The Hall–Kier alpha value is -2.17. The Balaban J connectivity index is 2.12. The van der Waals surface area contributed by atoms with Crippen molar-refractivity contribution < 1.29 is 14.3 Å².